The van der Waals surface area contributed by atoms with Crippen LogP contribution in [0.4, 0.5) is 5.13 Å². The summed E-state index contributed by atoms with van der Waals surface area (Å²) >= 11 is 7.28. The highest BCUT2D eigenvalue weighted by atomic mass is 35.5. The third-order valence-corrected chi connectivity index (χ3v) is 5.23. The number of ether oxygens (including phenoxy) is 1. The molecular weight excluding hydrogens is 412 g/mol. The van der Waals surface area contributed by atoms with Crippen LogP contribution in [0, 0.1) is 0 Å². The molecule has 2 aromatic carbocycles. The number of aromatic nitrogens is 2. The molecule has 2 N–H and O–H groups in total. The Bertz CT molecular complexity index is 1010. The van der Waals surface area contributed by atoms with Gasteiger partial charge in [0.1, 0.15) is 10.8 Å². The molecule has 9 heteroatoms. The molecular formula is C20H19ClN4O3S. The number of nitrogens with one attached hydrogen (secondary N) is 2. The number of hydrogen-bond acceptors (Lipinski definition) is 6. The molecule has 0 saturated carbocycles. The molecule has 1 heterocycles. The van der Waals surface area contributed by atoms with Crippen molar-refractivity contribution in [1.82, 2.24) is 15.5 Å². The van der Waals surface area contributed by atoms with Gasteiger partial charge in [0.25, 0.3) is 5.91 Å². The smallest absolute Gasteiger partial charge is 0.252 e. The summed E-state index contributed by atoms with van der Waals surface area (Å²) in [5.74, 6) is 0.213. The van der Waals surface area contributed by atoms with Crippen LogP contribution in [-0.4, -0.2) is 35.7 Å². The number of methoxy groups -OCH3 is 1. The molecule has 3 rings (SSSR count). The van der Waals surface area contributed by atoms with Crippen LogP contribution in [0.2, 0.25) is 5.02 Å². The maximum Gasteiger partial charge on any atom is 0.252 e. The normalized spacial score (nSPS) is 10.4. The van der Waals surface area contributed by atoms with Crippen LogP contribution >= 0.6 is 22.9 Å². The number of nitrogens with zero attached hydrogens (tertiary/aromatic N) is 2. The fourth-order valence-corrected chi connectivity index (χ4v) is 3.59. The van der Waals surface area contributed by atoms with E-state index in [2.05, 4.69) is 20.8 Å². The Labute approximate surface area is 177 Å². The van der Waals surface area contributed by atoms with Gasteiger partial charge >= 0.3 is 0 Å². The van der Waals surface area contributed by atoms with E-state index in [0.717, 1.165) is 5.56 Å². The van der Waals surface area contributed by atoms with Gasteiger partial charge in [0.15, 0.2) is 0 Å². The second-order valence-electron chi connectivity index (χ2n) is 6.02. The van der Waals surface area contributed by atoms with Gasteiger partial charge in [-0.25, -0.2) is 0 Å². The lowest BCUT2D eigenvalue weighted by atomic mass is 10.1. The summed E-state index contributed by atoms with van der Waals surface area (Å²) in [7, 11) is 1.57. The van der Waals surface area contributed by atoms with E-state index in [4.69, 9.17) is 16.3 Å². The van der Waals surface area contributed by atoms with E-state index in [1.807, 2.05) is 24.3 Å². The van der Waals surface area contributed by atoms with E-state index in [-0.39, 0.29) is 18.2 Å². The van der Waals surface area contributed by atoms with Crippen molar-refractivity contribution in [1.29, 1.82) is 0 Å². The summed E-state index contributed by atoms with van der Waals surface area (Å²) in [6.45, 7) is 0.383. The quantitative estimate of drug-likeness (QED) is 0.571. The number of carbonyl (C=O) groups is 2. The van der Waals surface area contributed by atoms with Crippen molar-refractivity contribution in [3.05, 3.63) is 69.7 Å². The fourth-order valence-electron chi connectivity index (χ4n) is 2.61. The van der Waals surface area contributed by atoms with Gasteiger partial charge in [-0.3, -0.25) is 9.59 Å². The maximum absolute atomic E-state index is 12.3. The monoisotopic (exact) mass is 430 g/mol. The van der Waals surface area contributed by atoms with E-state index >= 15 is 0 Å². The van der Waals surface area contributed by atoms with E-state index in [0.29, 0.717) is 39.4 Å². The van der Waals surface area contributed by atoms with Crippen molar-refractivity contribution < 1.29 is 14.3 Å². The van der Waals surface area contributed by atoms with Crippen LogP contribution < -0.4 is 15.4 Å². The van der Waals surface area contributed by atoms with Gasteiger partial charge in [-0.1, -0.05) is 53.3 Å². The molecule has 0 aliphatic heterocycles. The highest BCUT2D eigenvalue weighted by Crippen LogP contribution is 2.20. The van der Waals surface area contributed by atoms with Crippen LogP contribution in [0.25, 0.3) is 0 Å². The van der Waals surface area contributed by atoms with Crippen LogP contribution in [0.3, 0.4) is 0 Å². The maximum atomic E-state index is 12.3. The first kappa shape index (κ1) is 20.8. The first-order chi connectivity index (χ1) is 14.1. The Morgan fingerprint density at radius 1 is 1.10 bits per heavy atom. The highest BCUT2D eigenvalue weighted by molar-refractivity contribution is 7.15. The summed E-state index contributed by atoms with van der Waals surface area (Å²) in [5.41, 5.74) is 1.22. The first-order valence-electron chi connectivity index (χ1n) is 8.83. The average molecular weight is 431 g/mol. The molecule has 3 aromatic rings. The number of benzene rings is 2. The van der Waals surface area contributed by atoms with Gasteiger partial charge in [-0.15, -0.1) is 10.2 Å². The van der Waals surface area contributed by atoms with Crippen LogP contribution in [0.15, 0.2) is 48.5 Å². The third kappa shape index (κ3) is 5.75. The fraction of sp³-hybridized carbons (Fsp3) is 0.200. The number of hydrogen-bond donors (Lipinski definition) is 2. The van der Waals surface area contributed by atoms with Crippen LogP contribution in [0.5, 0.6) is 5.75 Å². The molecule has 0 unspecified atom stereocenters. The van der Waals surface area contributed by atoms with E-state index in [1.165, 1.54) is 11.3 Å². The van der Waals surface area contributed by atoms with Crippen LogP contribution in [0.1, 0.15) is 20.9 Å². The van der Waals surface area contributed by atoms with Gasteiger partial charge < -0.3 is 15.4 Å². The predicted molar refractivity (Wildman–Crippen MR) is 113 cm³/mol. The number of rotatable bonds is 8. The molecule has 0 radical (unpaired) electrons. The molecule has 1 aromatic heterocycles. The van der Waals surface area contributed by atoms with Crippen molar-refractivity contribution in [2.45, 2.75) is 12.8 Å². The number of para-hydroxylation sites is 1. The van der Waals surface area contributed by atoms with Crippen LogP contribution in [-0.2, 0) is 17.6 Å². The largest absolute Gasteiger partial charge is 0.496 e. The average Bonchev–Trinajstić information content (AvgIpc) is 3.15. The zero-order chi connectivity index (χ0) is 20.6. The number of anilines is 1. The molecule has 0 bridgehead atoms. The highest BCUT2D eigenvalue weighted by Gasteiger charge is 2.12. The molecule has 2 amide bonds. The minimum Gasteiger partial charge on any atom is -0.496 e. The van der Waals surface area contributed by atoms with E-state index in [9.17, 15) is 9.59 Å². The molecule has 0 aliphatic carbocycles. The lowest BCUT2D eigenvalue weighted by Crippen LogP contribution is -2.25. The van der Waals surface area contributed by atoms with Crippen molar-refractivity contribution in [3.8, 4) is 5.75 Å². The minimum absolute atomic E-state index is 0.173. The Balaban J connectivity index is 1.48. The molecule has 0 saturated heterocycles. The summed E-state index contributed by atoms with van der Waals surface area (Å²) in [5, 5.41) is 15.1. The van der Waals surface area contributed by atoms with Gasteiger partial charge in [0.2, 0.25) is 11.0 Å². The molecule has 0 aliphatic rings. The van der Waals surface area contributed by atoms with Crippen molar-refractivity contribution in [2.24, 2.45) is 0 Å². The zero-order valence-corrected chi connectivity index (χ0v) is 17.2. The Kier molecular flexibility index (Phi) is 7.15. The molecule has 0 atom stereocenters. The third-order valence-electron chi connectivity index (χ3n) is 4.00. The molecule has 0 fully saturated rings. The number of halogens is 1. The van der Waals surface area contributed by atoms with Gasteiger partial charge in [0.05, 0.1) is 24.1 Å². The lowest BCUT2D eigenvalue weighted by Gasteiger charge is -2.07. The number of amides is 2. The minimum atomic E-state index is -0.245. The second-order valence-corrected chi connectivity index (χ2v) is 7.49. The Morgan fingerprint density at radius 2 is 1.86 bits per heavy atom. The Morgan fingerprint density at radius 3 is 2.66 bits per heavy atom. The number of carbonyl (C=O) groups excluding carboxylic acids is 2. The van der Waals surface area contributed by atoms with Crippen molar-refractivity contribution >= 4 is 39.9 Å². The molecule has 7 nitrogen and oxygen atoms in total. The lowest BCUT2D eigenvalue weighted by molar-refractivity contribution is -0.115. The molecule has 29 heavy (non-hydrogen) atoms. The van der Waals surface area contributed by atoms with Crippen molar-refractivity contribution in [3.63, 3.8) is 0 Å². The molecule has 0 spiro atoms. The van der Waals surface area contributed by atoms with Gasteiger partial charge in [-0.05, 0) is 18.2 Å². The van der Waals surface area contributed by atoms with Gasteiger partial charge in [-0.2, -0.15) is 0 Å². The summed E-state index contributed by atoms with van der Waals surface area (Å²) in [6.07, 6.45) is 0.670. The topological polar surface area (TPSA) is 93.2 Å². The predicted octanol–water partition coefficient (Wildman–Crippen LogP) is 3.35. The Hall–Kier alpha value is -2.97. The van der Waals surface area contributed by atoms with Crippen molar-refractivity contribution in [2.75, 3.05) is 19.0 Å². The standard InChI is InChI=1S/C20H19ClN4O3S/c1-28-16-9-5-2-6-13(16)12-17(26)23-20-25-24-18(29-20)10-11-22-19(27)14-7-3-4-8-15(14)21/h2-9H,10-12H2,1H3,(H,22,27)(H,23,25,26). The zero-order valence-electron chi connectivity index (χ0n) is 15.6. The van der Waals surface area contributed by atoms with Gasteiger partial charge in [0, 0.05) is 18.5 Å². The SMILES string of the molecule is COc1ccccc1CC(=O)Nc1nnc(CCNC(=O)c2ccccc2Cl)s1. The summed E-state index contributed by atoms with van der Waals surface area (Å²) in [4.78, 5) is 24.4. The molecule has 150 valence electrons. The van der Waals surface area contributed by atoms with E-state index in [1.54, 1.807) is 31.4 Å². The second kappa shape index (κ2) is 9.99. The summed E-state index contributed by atoms with van der Waals surface area (Å²) in [6, 6.07) is 14.2. The summed E-state index contributed by atoms with van der Waals surface area (Å²) < 4.78 is 5.26. The van der Waals surface area contributed by atoms with E-state index < -0.39 is 0 Å². The first-order valence-corrected chi connectivity index (χ1v) is 10.0.